The Balaban J connectivity index is 1.87. The molecule has 7 heteroatoms. The van der Waals surface area contributed by atoms with Crippen molar-refractivity contribution in [1.29, 1.82) is 0 Å². The lowest BCUT2D eigenvalue weighted by molar-refractivity contribution is -0.149. The maximum atomic E-state index is 12.0. The number of aliphatic imine (C=N–C) groups is 1. The number of ether oxygens (including phenoxy) is 1. The molecule has 0 saturated carbocycles. The first kappa shape index (κ1) is 19.0. The van der Waals surface area contributed by atoms with Gasteiger partial charge in [0.05, 0.1) is 12.5 Å². The van der Waals surface area contributed by atoms with Crippen LogP contribution in [0.15, 0.2) is 4.99 Å². The summed E-state index contributed by atoms with van der Waals surface area (Å²) < 4.78 is 5.19. The third-order valence-corrected chi connectivity index (χ3v) is 5.03. The average Bonchev–Trinajstić information content (AvgIpc) is 2.59. The Morgan fingerprint density at radius 2 is 2.04 bits per heavy atom. The first-order valence-corrected chi connectivity index (χ1v) is 9.06. The van der Waals surface area contributed by atoms with Crippen molar-refractivity contribution in [1.82, 2.24) is 20.0 Å². The van der Waals surface area contributed by atoms with E-state index >= 15 is 0 Å². The topological polar surface area (TPSA) is 60.4 Å². The van der Waals surface area contributed by atoms with E-state index in [1.54, 1.807) is 0 Å². The quantitative estimate of drug-likeness (QED) is 0.445. The molecule has 138 valence electrons. The summed E-state index contributed by atoms with van der Waals surface area (Å²) in [6, 6.07) is 0.478. The van der Waals surface area contributed by atoms with Gasteiger partial charge < -0.3 is 19.9 Å². The molecule has 0 aromatic rings. The number of nitrogens with zero attached hydrogens (tertiary/aromatic N) is 4. The lowest BCUT2D eigenvalue weighted by Crippen LogP contribution is -2.56. The summed E-state index contributed by atoms with van der Waals surface area (Å²) in [5.74, 6) is 0.776. The molecule has 0 spiro atoms. The number of carbonyl (C=O) groups is 1. The van der Waals surface area contributed by atoms with Crippen molar-refractivity contribution >= 4 is 11.9 Å². The molecule has 0 aromatic heterocycles. The van der Waals surface area contributed by atoms with Gasteiger partial charge in [0.2, 0.25) is 0 Å². The van der Waals surface area contributed by atoms with Gasteiger partial charge in [-0.15, -0.1) is 0 Å². The van der Waals surface area contributed by atoms with Gasteiger partial charge in [-0.25, -0.2) is 0 Å². The van der Waals surface area contributed by atoms with Crippen LogP contribution in [0.25, 0.3) is 0 Å². The number of likely N-dealkylation sites (N-methyl/N-ethyl adjacent to an activating group) is 2. The summed E-state index contributed by atoms with van der Waals surface area (Å²) in [6.07, 6.45) is 1.90. The number of hydrogen-bond acceptors (Lipinski definition) is 5. The van der Waals surface area contributed by atoms with Crippen molar-refractivity contribution in [3.63, 3.8) is 0 Å². The molecule has 2 atom stereocenters. The highest BCUT2D eigenvalue weighted by Crippen LogP contribution is 2.18. The van der Waals surface area contributed by atoms with Crippen molar-refractivity contribution in [3.8, 4) is 0 Å². The maximum Gasteiger partial charge on any atom is 0.310 e. The summed E-state index contributed by atoms with van der Waals surface area (Å²) >= 11 is 0. The van der Waals surface area contributed by atoms with Crippen LogP contribution >= 0.6 is 0 Å². The molecule has 2 heterocycles. The Kier molecular flexibility index (Phi) is 7.30. The van der Waals surface area contributed by atoms with Crippen LogP contribution in [0.1, 0.15) is 19.8 Å². The standard InChI is InChI=1S/C17H33N5O2/c1-5-24-16(23)14-7-6-8-22(12-14)17(18-2)19-11-15-13-20(3)9-10-21(15)4/h14-15H,5-13H2,1-4H3,(H,18,19). The fraction of sp³-hybridized carbons (Fsp3) is 0.882. The lowest BCUT2D eigenvalue weighted by Gasteiger charge is -2.39. The summed E-state index contributed by atoms with van der Waals surface area (Å²) in [7, 11) is 6.16. The van der Waals surface area contributed by atoms with E-state index < -0.39 is 0 Å². The van der Waals surface area contributed by atoms with Crippen LogP contribution in [0.4, 0.5) is 0 Å². The van der Waals surface area contributed by atoms with Gasteiger partial charge in [0.1, 0.15) is 0 Å². The van der Waals surface area contributed by atoms with Gasteiger partial charge in [0.15, 0.2) is 5.96 Å². The molecule has 1 N–H and O–H groups in total. The highest BCUT2D eigenvalue weighted by Gasteiger charge is 2.29. The minimum absolute atomic E-state index is 0.0410. The SMILES string of the molecule is CCOC(=O)C1CCCN(C(=NC)NCC2CN(C)CCN2C)C1. The Morgan fingerprint density at radius 3 is 2.75 bits per heavy atom. The molecule has 7 nitrogen and oxygen atoms in total. The molecule has 2 unspecified atom stereocenters. The first-order valence-electron chi connectivity index (χ1n) is 9.06. The maximum absolute atomic E-state index is 12.0. The highest BCUT2D eigenvalue weighted by atomic mass is 16.5. The number of piperazine rings is 1. The molecule has 0 radical (unpaired) electrons. The molecule has 2 rings (SSSR count). The molecular weight excluding hydrogens is 306 g/mol. The van der Waals surface area contributed by atoms with Crippen molar-refractivity contribution in [3.05, 3.63) is 0 Å². The van der Waals surface area contributed by atoms with E-state index in [0.717, 1.165) is 51.5 Å². The second kappa shape index (κ2) is 9.22. The zero-order valence-corrected chi connectivity index (χ0v) is 15.6. The zero-order valence-electron chi connectivity index (χ0n) is 15.6. The fourth-order valence-electron chi connectivity index (χ4n) is 3.49. The van der Waals surface area contributed by atoms with Gasteiger partial charge in [-0.1, -0.05) is 0 Å². The van der Waals surface area contributed by atoms with Crippen LogP contribution in [0, 0.1) is 5.92 Å². The predicted octanol–water partition coefficient (Wildman–Crippen LogP) is 0.0827. The first-order chi connectivity index (χ1) is 11.5. The van der Waals surface area contributed by atoms with E-state index in [1.807, 2.05) is 14.0 Å². The van der Waals surface area contributed by atoms with Gasteiger partial charge >= 0.3 is 5.97 Å². The third-order valence-electron chi connectivity index (χ3n) is 5.03. The largest absolute Gasteiger partial charge is 0.466 e. The molecule has 2 fully saturated rings. The summed E-state index contributed by atoms with van der Waals surface area (Å²) in [4.78, 5) is 23.4. The van der Waals surface area contributed by atoms with E-state index in [9.17, 15) is 4.79 Å². The van der Waals surface area contributed by atoms with Gasteiger partial charge in [0.25, 0.3) is 0 Å². The van der Waals surface area contributed by atoms with Gasteiger partial charge in [0, 0.05) is 52.4 Å². The monoisotopic (exact) mass is 339 g/mol. The van der Waals surface area contributed by atoms with Crippen molar-refractivity contribution in [2.45, 2.75) is 25.8 Å². The Bertz CT molecular complexity index is 443. The van der Waals surface area contributed by atoms with E-state index in [4.69, 9.17) is 4.74 Å². The van der Waals surface area contributed by atoms with Crippen LogP contribution in [0.3, 0.4) is 0 Å². The van der Waals surface area contributed by atoms with Gasteiger partial charge in [-0.3, -0.25) is 14.7 Å². The van der Waals surface area contributed by atoms with Crippen LogP contribution in [0.5, 0.6) is 0 Å². The molecule has 0 aliphatic carbocycles. The Morgan fingerprint density at radius 1 is 1.25 bits per heavy atom. The number of carbonyl (C=O) groups excluding carboxylic acids is 1. The number of nitrogens with one attached hydrogen (secondary N) is 1. The smallest absolute Gasteiger partial charge is 0.310 e. The van der Waals surface area contributed by atoms with Crippen LogP contribution < -0.4 is 5.32 Å². The number of piperidine rings is 1. The van der Waals surface area contributed by atoms with E-state index in [1.165, 1.54) is 0 Å². The zero-order chi connectivity index (χ0) is 17.5. The van der Waals surface area contributed by atoms with Crippen molar-refractivity contribution in [2.24, 2.45) is 10.9 Å². The van der Waals surface area contributed by atoms with Gasteiger partial charge in [-0.05, 0) is 33.9 Å². The Labute approximate surface area is 146 Å². The number of likely N-dealkylation sites (tertiary alicyclic amines) is 1. The normalized spacial score (nSPS) is 27.2. The van der Waals surface area contributed by atoms with Crippen LogP contribution in [-0.2, 0) is 9.53 Å². The predicted molar refractivity (Wildman–Crippen MR) is 96.2 cm³/mol. The molecule has 24 heavy (non-hydrogen) atoms. The second-order valence-corrected chi connectivity index (χ2v) is 6.86. The van der Waals surface area contributed by atoms with E-state index in [0.29, 0.717) is 19.2 Å². The Hall–Kier alpha value is -1.34. The number of guanidine groups is 1. The molecule has 2 saturated heterocycles. The molecule has 0 bridgehead atoms. The minimum atomic E-state index is -0.0775. The summed E-state index contributed by atoms with van der Waals surface area (Å²) in [6.45, 7) is 8.08. The van der Waals surface area contributed by atoms with E-state index in [-0.39, 0.29) is 11.9 Å². The summed E-state index contributed by atoms with van der Waals surface area (Å²) in [5, 5.41) is 3.51. The highest BCUT2D eigenvalue weighted by molar-refractivity contribution is 5.81. The number of esters is 1. The van der Waals surface area contributed by atoms with Crippen molar-refractivity contribution < 1.29 is 9.53 Å². The molecular formula is C17H33N5O2. The average molecular weight is 339 g/mol. The number of hydrogen-bond donors (Lipinski definition) is 1. The van der Waals surface area contributed by atoms with Gasteiger partial charge in [-0.2, -0.15) is 0 Å². The van der Waals surface area contributed by atoms with Crippen LogP contribution in [-0.4, -0.2) is 99.7 Å². The van der Waals surface area contributed by atoms with Crippen molar-refractivity contribution in [2.75, 3.05) is 67.0 Å². The van der Waals surface area contributed by atoms with Crippen LogP contribution in [0.2, 0.25) is 0 Å². The molecule has 0 amide bonds. The number of rotatable bonds is 4. The molecule has 2 aliphatic rings. The fourth-order valence-corrected chi connectivity index (χ4v) is 3.49. The lowest BCUT2D eigenvalue weighted by atomic mass is 9.98. The second-order valence-electron chi connectivity index (χ2n) is 6.86. The molecule has 0 aromatic carbocycles. The third kappa shape index (κ3) is 5.08. The summed E-state index contributed by atoms with van der Waals surface area (Å²) in [5.41, 5.74) is 0. The van der Waals surface area contributed by atoms with E-state index in [2.05, 4.69) is 39.1 Å². The minimum Gasteiger partial charge on any atom is -0.466 e. The molecule has 2 aliphatic heterocycles.